The zero-order valence-corrected chi connectivity index (χ0v) is 16.4. The molecule has 152 valence electrons. The Bertz CT molecular complexity index is 944. The molecule has 1 N–H and O–H groups in total. The summed E-state index contributed by atoms with van der Waals surface area (Å²) in [7, 11) is 1.49. The van der Waals surface area contributed by atoms with Gasteiger partial charge in [0.25, 0.3) is 0 Å². The standard InChI is InChI=1S/C22H23FN2O4/c1-14(26)15-9-10-20(29-2)16(12-15)13-21(27)24-18-7-5-11-25(22(18)28)19-8-4-3-6-17(19)23/h3-4,6,8-10,12,18H,5,7,11,13H2,1-2H3,(H,24,27). The number of carbonyl (C=O) groups excluding carboxylic acids is 3. The van der Waals surface area contributed by atoms with Gasteiger partial charge in [-0.1, -0.05) is 12.1 Å². The number of halogens is 1. The summed E-state index contributed by atoms with van der Waals surface area (Å²) < 4.78 is 19.4. The number of nitrogens with one attached hydrogen (secondary N) is 1. The highest BCUT2D eigenvalue weighted by Crippen LogP contribution is 2.25. The number of benzene rings is 2. The van der Waals surface area contributed by atoms with E-state index in [0.29, 0.717) is 36.3 Å². The molecule has 2 aromatic carbocycles. The minimum atomic E-state index is -0.724. The first-order chi connectivity index (χ1) is 13.9. The number of methoxy groups -OCH3 is 1. The zero-order chi connectivity index (χ0) is 21.0. The molecule has 0 spiro atoms. The number of ketones is 1. The third-order valence-electron chi connectivity index (χ3n) is 4.96. The number of anilines is 1. The van der Waals surface area contributed by atoms with E-state index < -0.39 is 11.9 Å². The lowest BCUT2D eigenvalue weighted by molar-refractivity contribution is -0.128. The Morgan fingerprint density at radius 1 is 1.24 bits per heavy atom. The highest BCUT2D eigenvalue weighted by Gasteiger charge is 2.32. The van der Waals surface area contributed by atoms with Crippen molar-refractivity contribution in [2.45, 2.75) is 32.2 Å². The molecule has 0 aromatic heterocycles. The second-order valence-corrected chi connectivity index (χ2v) is 6.96. The molecule has 1 fully saturated rings. The summed E-state index contributed by atoms with van der Waals surface area (Å²) in [4.78, 5) is 38.4. The average Bonchev–Trinajstić information content (AvgIpc) is 2.70. The summed E-state index contributed by atoms with van der Waals surface area (Å²) in [6, 6.07) is 10.3. The molecule has 1 aliphatic rings. The molecule has 0 aliphatic carbocycles. The molecule has 2 aromatic rings. The Kier molecular flexibility index (Phi) is 6.26. The lowest BCUT2D eigenvalue weighted by atomic mass is 10.0. The molecule has 0 saturated carbocycles. The molecule has 6 nitrogen and oxygen atoms in total. The van der Waals surface area contributed by atoms with Crippen LogP contribution in [0.5, 0.6) is 5.75 Å². The molecule has 0 radical (unpaired) electrons. The van der Waals surface area contributed by atoms with Crippen LogP contribution < -0.4 is 15.0 Å². The number of amides is 2. The van der Waals surface area contributed by atoms with Crippen LogP contribution in [-0.2, 0) is 16.0 Å². The van der Waals surface area contributed by atoms with Crippen molar-refractivity contribution in [3.05, 3.63) is 59.4 Å². The number of nitrogens with zero attached hydrogens (tertiary/aromatic N) is 1. The lowest BCUT2D eigenvalue weighted by Gasteiger charge is -2.32. The third kappa shape index (κ3) is 4.62. The number of para-hydroxylation sites is 1. The van der Waals surface area contributed by atoms with E-state index in [1.807, 2.05) is 0 Å². The first-order valence-corrected chi connectivity index (χ1v) is 9.44. The molecule has 1 atom stereocenters. The van der Waals surface area contributed by atoms with E-state index in [4.69, 9.17) is 4.74 Å². The maximum atomic E-state index is 14.1. The molecule has 29 heavy (non-hydrogen) atoms. The van der Waals surface area contributed by atoms with Crippen molar-refractivity contribution in [3.8, 4) is 5.75 Å². The molecule has 1 unspecified atom stereocenters. The van der Waals surface area contributed by atoms with E-state index in [2.05, 4.69) is 5.32 Å². The highest BCUT2D eigenvalue weighted by molar-refractivity contribution is 6.00. The summed E-state index contributed by atoms with van der Waals surface area (Å²) in [6.07, 6.45) is 1.10. The van der Waals surface area contributed by atoms with Crippen LogP contribution in [-0.4, -0.2) is 37.3 Å². The van der Waals surface area contributed by atoms with Gasteiger partial charge in [0.05, 0.1) is 19.2 Å². The van der Waals surface area contributed by atoms with Crippen molar-refractivity contribution in [3.63, 3.8) is 0 Å². The molecule has 1 saturated heterocycles. The van der Waals surface area contributed by atoms with Crippen LogP contribution in [0.2, 0.25) is 0 Å². The van der Waals surface area contributed by atoms with Crippen molar-refractivity contribution >= 4 is 23.3 Å². The maximum absolute atomic E-state index is 14.1. The monoisotopic (exact) mass is 398 g/mol. The third-order valence-corrected chi connectivity index (χ3v) is 4.96. The van der Waals surface area contributed by atoms with Gasteiger partial charge in [-0.05, 0) is 50.1 Å². The van der Waals surface area contributed by atoms with Crippen molar-refractivity contribution in [1.29, 1.82) is 0 Å². The minimum Gasteiger partial charge on any atom is -0.496 e. The summed E-state index contributed by atoms with van der Waals surface area (Å²) >= 11 is 0. The Labute approximate surface area is 168 Å². The number of hydrogen-bond acceptors (Lipinski definition) is 4. The molecule has 0 bridgehead atoms. The van der Waals surface area contributed by atoms with Gasteiger partial charge in [-0.3, -0.25) is 14.4 Å². The van der Waals surface area contributed by atoms with Crippen LogP contribution in [0.4, 0.5) is 10.1 Å². The average molecular weight is 398 g/mol. The fraction of sp³-hybridized carbons (Fsp3) is 0.318. The fourth-order valence-electron chi connectivity index (χ4n) is 3.47. The molecule has 7 heteroatoms. The molecule has 2 amide bonds. The molecular formula is C22H23FN2O4. The van der Waals surface area contributed by atoms with E-state index in [-0.39, 0.29) is 29.7 Å². The van der Waals surface area contributed by atoms with Crippen LogP contribution in [0, 0.1) is 5.82 Å². The van der Waals surface area contributed by atoms with Crippen molar-refractivity contribution in [1.82, 2.24) is 5.32 Å². The number of piperidine rings is 1. The van der Waals surface area contributed by atoms with Crippen molar-refractivity contribution < 1.29 is 23.5 Å². The SMILES string of the molecule is COc1ccc(C(C)=O)cc1CC(=O)NC1CCCN(c2ccccc2F)C1=O. The topological polar surface area (TPSA) is 75.7 Å². The van der Waals surface area contributed by atoms with Gasteiger partial charge in [0.1, 0.15) is 17.6 Å². The smallest absolute Gasteiger partial charge is 0.249 e. The van der Waals surface area contributed by atoms with E-state index in [9.17, 15) is 18.8 Å². The summed E-state index contributed by atoms with van der Waals surface area (Å²) in [6.45, 7) is 1.85. The minimum absolute atomic E-state index is 0.0340. The second-order valence-electron chi connectivity index (χ2n) is 6.96. The van der Waals surface area contributed by atoms with E-state index >= 15 is 0 Å². The van der Waals surface area contributed by atoms with Gasteiger partial charge in [0, 0.05) is 17.7 Å². The van der Waals surface area contributed by atoms with Gasteiger partial charge < -0.3 is 15.0 Å². The molecule has 1 aliphatic heterocycles. The Balaban J connectivity index is 1.72. The lowest BCUT2D eigenvalue weighted by Crippen LogP contribution is -2.53. The maximum Gasteiger partial charge on any atom is 0.249 e. The van der Waals surface area contributed by atoms with Crippen molar-refractivity contribution in [2.75, 3.05) is 18.6 Å². The highest BCUT2D eigenvalue weighted by atomic mass is 19.1. The van der Waals surface area contributed by atoms with Gasteiger partial charge >= 0.3 is 0 Å². The van der Waals surface area contributed by atoms with Crippen LogP contribution >= 0.6 is 0 Å². The first kappa shape index (κ1) is 20.5. The second kappa shape index (κ2) is 8.86. The Hall–Kier alpha value is -3.22. The quantitative estimate of drug-likeness (QED) is 0.760. The molecule has 3 rings (SSSR count). The van der Waals surface area contributed by atoms with E-state index in [1.54, 1.807) is 36.4 Å². The normalized spacial score (nSPS) is 16.4. The predicted molar refractivity (Wildman–Crippen MR) is 107 cm³/mol. The molecular weight excluding hydrogens is 375 g/mol. The summed E-state index contributed by atoms with van der Waals surface area (Å²) in [5.74, 6) is -0.791. The largest absolute Gasteiger partial charge is 0.496 e. The van der Waals surface area contributed by atoms with Crippen LogP contribution in [0.1, 0.15) is 35.7 Å². The van der Waals surface area contributed by atoms with Gasteiger partial charge in [-0.25, -0.2) is 4.39 Å². The van der Waals surface area contributed by atoms with Crippen molar-refractivity contribution in [2.24, 2.45) is 0 Å². The number of rotatable bonds is 6. The van der Waals surface area contributed by atoms with Crippen LogP contribution in [0.3, 0.4) is 0 Å². The summed E-state index contributed by atoms with van der Waals surface area (Å²) in [5, 5.41) is 2.74. The van der Waals surface area contributed by atoms with Gasteiger partial charge in [0.2, 0.25) is 11.8 Å². The molecule has 1 heterocycles. The van der Waals surface area contributed by atoms with Crippen LogP contribution in [0.15, 0.2) is 42.5 Å². The number of carbonyl (C=O) groups is 3. The zero-order valence-electron chi connectivity index (χ0n) is 16.4. The first-order valence-electron chi connectivity index (χ1n) is 9.44. The number of Topliss-reactive ketones (excluding diaryl/α,β-unsaturated/α-hetero) is 1. The van der Waals surface area contributed by atoms with Gasteiger partial charge in [0.15, 0.2) is 5.78 Å². The predicted octanol–water partition coefficient (Wildman–Crippen LogP) is 2.89. The van der Waals surface area contributed by atoms with E-state index in [1.165, 1.54) is 25.0 Å². The van der Waals surface area contributed by atoms with Gasteiger partial charge in [-0.2, -0.15) is 0 Å². The number of ether oxygens (including phenoxy) is 1. The Morgan fingerprint density at radius 2 is 2.00 bits per heavy atom. The van der Waals surface area contributed by atoms with Crippen LogP contribution in [0.25, 0.3) is 0 Å². The van der Waals surface area contributed by atoms with E-state index in [0.717, 1.165) is 0 Å². The Morgan fingerprint density at radius 3 is 2.69 bits per heavy atom. The summed E-state index contributed by atoms with van der Waals surface area (Å²) in [5.41, 5.74) is 1.26. The number of hydrogen-bond donors (Lipinski definition) is 1. The van der Waals surface area contributed by atoms with Gasteiger partial charge in [-0.15, -0.1) is 0 Å². The fourth-order valence-corrected chi connectivity index (χ4v) is 3.47.